The molecule has 0 saturated carbocycles. The molecule has 2 heterocycles. The summed E-state index contributed by atoms with van der Waals surface area (Å²) in [4.78, 5) is 7.14. The number of morpholine rings is 1. The topological polar surface area (TPSA) is 94.1 Å². The summed E-state index contributed by atoms with van der Waals surface area (Å²) in [6.45, 7) is 10.9. The molecule has 7 nitrogen and oxygen atoms in total. The Morgan fingerprint density at radius 2 is 1.80 bits per heavy atom. The average molecular weight is 513 g/mol. The fourth-order valence-electron chi connectivity index (χ4n) is 4.43. The van der Waals surface area contributed by atoms with Gasteiger partial charge in [-0.2, -0.15) is 0 Å². The zero-order valence-corrected chi connectivity index (χ0v) is 22.1. The van der Waals surface area contributed by atoms with Crippen LogP contribution in [0.5, 0.6) is 0 Å². The fourth-order valence-corrected chi connectivity index (χ4v) is 6.30. The van der Waals surface area contributed by atoms with Gasteiger partial charge in [0, 0.05) is 24.7 Å². The van der Waals surface area contributed by atoms with Crippen LogP contribution in [0.1, 0.15) is 34.1 Å². The fraction of sp³-hybridized carbons (Fsp3) is 0.346. The van der Waals surface area contributed by atoms with Gasteiger partial charge in [-0.3, -0.25) is 9.71 Å². The molecule has 0 spiro atoms. The molecular formula is C26H30N3O4S2-. The van der Waals surface area contributed by atoms with E-state index >= 15 is 0 Å². The van der Waals surface area contributed by atoms with Gasteiger partial charge in [-0.25, -0.2) is 8.42 Å². The number of rotatable bonds is 7. The molecular weight excluding hydrogens is 482 g/mol. The van der Waals surface area contributed by atoms with Crippen LogP contribution in [0.25, 0.3) is 0 Å². The monoisotopic (exact) mass is 512 g/mol. The molecule has 9 heteroatoms. The first-order valence-corrected chi connectivity index (χ1v) is 14.0. The van der Waals surface area contributed by atoms with Crippen molar-refractivity contribution in [3.63, 3.8) is 0 Å². The number of hydrogen-bond donors (Lipinski definition) is 1. The summed E-state index contributed by atoms with van der Waals surface area (Å²) in [5, 5.41) is 14.9. The summed E-state index contributed by atoms with van der Waals surface area (Å²) < 4.78 is 33.9. The van der Waals surface area contributed by atoms with E-state index in [1.165, 1.54) is 11.3 Å². The molecule has 1 aliphatic heterocycles. The first kappa shape index (κ1) is 25.2. The number of anilines is 2. The lowest BCUT2D eigenvalue weighted by Crippen LogP contribution is -2.37. The zero-order valence-electron chi connectivity index (χ0n) is 20.4. The van der Waals surface area contributed by atoms with Crippen molar-refractivity contribution in [1.29, 1.82) is 0 Å². The lowest BCUT2D eigenvalue weighted by Gasteiger charge is -2.32. The second-order valence-electron chi connectivity index (χ2n) is 8.62. The summed E-state index contributed by atoms with van der Waals surface area (Å²) >= 11 is 1.17. The first-order chi connectivity index (χ1) is 16.7. The Hall–Kier alpha value is -2.88. The lowest BCUT2D eigenvalue weighted by molar-refractivity contribution is -0.212. The molecule has 1 fully saturated rings. The Labute approximate surface area is 211 Å². The van der Waals surface area contributed by atoms with E-state index in [1.54, 1.807) is 35.7 Å². The minimum Gasteiger partial charge on any atom is -0.858 e. The van der Waals surface area contributed by atoms with Gasteiger partial charge in [0.05, 0.1) is 34.4 Å². The Bertz CT molecular complexity index is 1340. The number of sulfonamides is 1. The van der Waals surface area contributed by atoms with Gasteiger partial charge in [0.15, 0.2) is 0 Å². The maximum atomic E-state index is 13.3. The number of benzene rings is 2. The quantitative estimate of drug-likeness (QED) is 0.376. The highest BCUT2D eigenvalue weighted by molar-refractivity contribution is 7.92. The molecule has 1 aromatic heterocycles. The SMILES string of the molecule is CCc1ccc(S(=O)(=O)Nc2ccsc2C([O-])=Nc2c(C)cc(C)c(N3CCOCC3)c2C)cc1. The van der Waals surface area contributed by atoms with Crippen LogP contribution in [0.2, 0.25) is 0 Å². The number of aliphatic imine (C=N–C) groups is 1. The van der Waals surface area contributed by atoms with Crippen molar-refractivity contribution in [2.75, 3.05) is 35.9 Å². The van der Waals surface area contributed by atoms with E-state index in [-0.39, 0.29) is 15.5 Å². The van der Waals surface area contributed by atoms with E-state index in [9.17, 15) is 13.5 Å². The normalized spacial score (nSPS) is 14.9. The second-order valence-corrected chi connectivity index (χ2v) is 11.2. The molecule has 0 aliphatic carbocycles. The molecule has 1 aliphatic rings. The predicted molar refractivity (Wildman–Crippen MR) is 141 cm³/mol. The number of hydrogen-bond acceptors (Lipinski definition) is 7. The standard InChI is InChI=1S/C26H31N3O4S2/c1-5-20-6-8-21(9-7-20)35(31,32)28-22-10-15-34-25(22)26(30)27-23-17(2)16-18(3)24(19(23)4)29-11-13-33-14-12-29/h6-10,15-16,28H,5,11-14H2,1-4H3,(H,27,30)/p-1. The van der Waals surface area contributed by atoms with E-state index in [0.717, 1.165) is 47.5 Å². The van der Waals surface area contributed by atoms with Crippen molar-refractivity contribution in [2.24, 2.45) is 4.99 Å². The van der Waals surface area contributed by atoms with Gasteiger partial charge in [0.2, 0.25) is 0 Å². The van der Waals surface area contributed by atoms with Gasteiger partial charge >= 0.3 is 0 Å². The highest BCUT2D eigenvalue weighted by Gasteiger charge is 2.20. The minimum absolute atomic E-state index is 0.150. The Balaban J connectivity index is 1.66. The van der Waals surface area contributed by atoms with Crippen molar-refractivity contribution in [3.05, 3.63) is 68.9 Å². The number of ether oxygens (including phenoxy) is 1. The molecule has 0 amide bonds. The van der Waals surface area contributed by atoms with Crippen molar-refractivity contribution < 1.29 is 18.3 Å². The van der Waals surface area contributed by atoms with Crippen LogP contribution < -0.4 is 14.7 Å². The number of nitrogens with zero attached hydrogens (tertiary/aromatic N) is 2. The molecule has 1 N–H and O–H groups in total. The van der Waals surface area contributed by atoms with Crippen LogP contribution in [-0.4, -0.2) is 40.6 Å². The average Bonchev–Trinajstić information content (AvgIpc) is 3.29. The number of thiophene rings is 1. The lowest BCUT2D eigenvalue weighted by atomic mass is 10.0. The molecule has 186 valence electrons. The third kappa shape index (κ3) is 5.37. The maximum absolute atomic E-state index is 13.3. The Morgan fingerprint density at radius 3 is 2.46 bits per heavy atom. The molecule has 0 atom stereocenters. The summed E-state index contributed by atoms with van der Waals surface area (Å²) in [5.74, 6) is -0.470. The van der Waals surface area contributed by atoms with E-state index in [4.69, 9.17) is 4.74 Å². The first-order valence-electron chi connectivity index (χ1n) is 11.6. The van der Waals surface area contributed by atoms with E-state index in [2.05, 4.69) is 21.5 Å². The van der Waals surface area contributed by atoms with Crippen LogP contribution in [0, 0.1) is 20.8 Å². The number of nitrogens with one attached hydrogen (secondary N) is 1. The Morgan fingerprint density at radius 1 is 1.11 bits per heavy atom. The second kappa shape index (κ2) is 10.4. The van der Waals surface area contributed by atoms with Gasteiger partial charge in [-0.15, -0.1) is 11.3 Å². The summed E-state index contributed by atoms with van der Waals surface area (Å²) in [7, 11) is -3.84. The van der Waals surface area contributed by atoms with Crippen molar-refractivity contribution in [3.8, 4) is 0 Å². The predicted octanol–water partition coefficient (Wildman–Crippen LogP) is 4.31. The minimum atomic E-state index is -3.84. The van der Waals surface area contributed by atoms with Gasteiger partial charge in [0.1, 0.15) is 0 Å². The van der Waals surface area contributed by atoms with Gasteiger partial charge in [-0.05, 0) is 73.0 Å². The molecule has 0 unspecified atom stereocenters. The molecule has 35 heavy (non-hydrogen) atoms. The van der Waals surface area contributed by atoms with Crippen LogP contribution in [0.3, 0.4) is 0 Å². The van der Waals surface area contributed by atoms with E-state index in [1.807, 2.05) is 26.8 Å². The van der Waals surface area contributed by atoms with E-state index < -0.39 is 15.9 Å². The third-order valence-electron chi connectivity index (χ3n) is 6.18. The maximum Gasteiger partial charge on any atom is 0.261 e. The van der Waals surface area contributed by atoms with Crippen LogP contribution >= 0.6 is 11.3 Å². The van der Waals surface area contributed by atoms with Gasteiger partial charge < -0.3 is 14.7 Å². The molecule has 4 rings (SSSR count). The highest BCUT2D eigenvalue weighted by Crippen LogP contribution is 2.36. The van der Waals surface area contributed by atoms with E-state index in [0.29, 0.717) is 18.9 Å². The van der Waals surface area contributed by atoms with Crippen molar-refractivity contribution >= 4 is 44.3 Å². The van der Waals surface area contributed by atoms with Crippen molar-refractivity contribution in [1.82, 2.24) is 0 Å². The largest absolute Gasteiger partial charge is 0.858 e. The highest BCUT2D eigenvalue weighted by atomic mass is 32.2. The smallest absolute Gasteiger partial charge is 0.261 e. The van der Waals surface area contributed by atoms with Crippen LogP contribution in [-0.2, 0) is 21.2 Å². The summed E-state index contributed by atoms with van der Waals surface area (Å²) in [6.07, 6.45) is 0.823. The van der Waals surface area contributed by atoms with Crippen LogP contribution in [0.4, 0.5) is 17.1 Å². The molecule has 2 aromatic carbocycles. The van der Waals surface area contributed by atoms with Crippen LogP contribution in [0.15, 0.2) is 51.7 Å². The molecule has 0 bridgehead atoms. The van der Waals surface area contributed by atoms with Gasteiger partial charge in [-0.1, -0.05) is 25.1 Å². The van der Waals surface area contributed by atoms with Crippen molar-refractivity contribution in [2.45, 2.75) is 39.0 Å². The zero-order chi connectivity index (χ0) is 25.2. The molecule has 0 radical (unpaired) electrons. The Kier molecular flexibility index (Phi) is 7.49. The third-order valence-corrected chi connectivity index (χ3v) is 8.46. The molecule has 1 saturated heterocycles. The van der Waals surface area contributed by atoms with Gasteiger partial charge in [0.25, 0.3) is 10.0 Å². The molecule has 3 aromatic rings. The summed E-state index contributed by atoms with van der Waals surface area (Å²) in [6, 6.07) is 10.4. The number of aryl methyl sites for hydroxylation is 3. The summed E-state index contributed by atoms with van der Waals surface area (Å²) in [5.41, 5.74) is 5.96.